The lowest BCUT2D eigenvalue weighted by Gasteiger charge is -2.26. The van der Waals surface area contributed by atoms with Crippen molar-refractivity contribution in [3.05, 3.63) is 33.6 Å². The minimum Gasteiger partial charge on any atom is -0.496 e. The number of fused-ring (bicyclic) bond motifs is 1. The quantitative estimate of drug-likeness (QED) is 0.607. The Morgan fingerprint density at radius 2 is 1.73 bits per heavy atom. The molecule has 1 aliphatic rings. The topological polar surface area (TPSA) is 103 Å². The Morgan fingerprint density at radius 3 is 2.35 bits per heavy atom. The molecule has 9 heteroatoms. The van der Waals surface area contributed by atoms with Crippen LogP contribution in [0.5, 0.6) is 17.2 Å². The second-order valence-electron chi connectivity index (χ2n) is 5.59. The Hall–Kier alpha value is -2.68. The van der Waals surface area contributed by atoms with E-state index in [-0.39, 0.29) is 23.7 Å². The Balaban J connectivity index is 2.23. The second-order valence-corrected chi connectivity index (χ2v) is 6.39. The molecule has 1 aliphatic heterocycles. The average molecular weight is 377 g/mol. The van der Waals surface area contributed by atoms with Crippen molar-refractivity contribution in [2.45, 2.75) is 17.5 Å². The van der Waals surface area contributed by atoms with Gasteiger partial charge in [0.15, 0.2) is 16.7 Å². The van der Waals surface area contributed by atoms with Crippen LogP contribution in [0, 0.1) is 0 Å². The van der Waals surface area contributed by atoms with Gasteiger partial charge in [0.25, 0.3) is 5.56 Å². The molecule has 1 atom stereocenters. The predicted octanol–water partition coefficient (Wildman–Crippen LogP) is 1.99. The summed E-state index contributed by atoms with van der Waals surface area (Å²) in [4.78, 5) is 32.0. The smallest absolute Gasteiger partial charge is 0.257 e. The Bertz CT molecular complexity index is 912. The predicted molar refractivity (Wildman–Crippen MR) is 97.8 cm³/mol. The van der Waals surface area contributed by atoms with Gasteiger partial charge < -0.3 is 24.5 Å². The highest BCUT2D eigenvalue weighted by molar-refractivity contribution is 7.98. The summed E-state index contributed by atoms with van der Waals surface area (Å²) < 4.78 is 16.1. The van der Waals surface area contributed by atoms with Crippen LogP contribution in [0.2, 0.25) is 0 Å². The number of hydrogen-bond donors (Lipinski definition) is 2. The summed E-state index contributed by atoms with van der Waals surface area (Å²) in [5.41, 5.74) is 0.763. The molecule has 26 heavy (non-hydrogen) atoms. The molecule has 2 aromatic rings. The first kappa shape index (κ1) is 18.1. The third-order valence-electron chi connectivity index (χ3n) is 4.23. The molecule has 2 N–H and O–H groups in total. The van der Waals surface area contributed by atoms with Crippen molar-refractivity contribution in [3.8, 4) is 17.2 Å². The summed E-state index contributed by atoms with van der Waals surface area (Å²) in [6.07, 6.45) is 1.90. The maximum absolute atomic E-state index is 12.7. The summed E-state index contributed by atoms with van der Waals surface area (Å²) >= 11 is 1.29. The molecule has 0 saturated heterocycles. The van der Waals surface area contributed by atoms with Gasteiger partial charge in [0.05, 0.1) is 26.9 Å². The zero-order valence-electron chi connectivity index (χ0n) is 14.8. The highest BCUT2D eigenvalue weighted by Gasteiger charge is 2.33. The summed E-state index contributed by atoms with van der Waals surface area (Å²) in [5, 5.41) is 3.12. The number of aromatic nitrogens is 2. The Morgan fingerprint density at radius 1 is 1.08 bits per heavy atom. The molecule has 8 nitrogen and oxygen atoms in total. The lowest BCUT2D eigenvalue weighted by atomic mass is 9.86. The summed E-state index contributed by atoms with van der Waals surface area (Å²) in [7, 11) is 4.57. The minimum atomic E-state index is -0.513. The van der Waals surface area contributed by atoms with Crippen LogP contribution >= 0.6 is 11.8 Å². The van der Waals surface area contributed by atoms with Crippen LogP contribution in [-0.2, 0) is 4.79 Å². The fourth-order valence-corrected chi connectivity index (χ4v) is 3.42. The zero-order valence-corrected chi connectivity index (χ0v) is 15.7. The van der Waals surface area contributed by atoms with Gasteiger partial charge in [-0.2, -0.15) is 0 Å². The van der Waals surface area contributed by atoms with E-state index >= 15 is 0 Å². The maximum Gasteiger partial charge on any atom is 0.257 e. The first-order valence-electron chi connectivity index (χ1n) is 7.80. The number of H-pyrrole nitrogens is 1. The van der Waals surface area contributed by atoms with E-state index in [2.05, 4.69) is 15.3 Å². The number of nitrogens with zero attached hydrogens (tertiary/aromatic N) is 1. The number of ether oxygens (including phenoxy) is 3. The fourth-order valence-electron chi connectivity index (χ4n) is 3.04. The molecule has 2 heterocycles. The van der Waals surface area contributed by atoms with E-state index in [1.54, 1.807) is 18.4 Å². The molecule has 1 aromatic carbocycles. The number of aromatic amines is 1. The van der Waals surface area contributed by atoms with Crippen molar-refractivity contribution in [1.29, 1.82) is 0 Å². The minimum absolute atomic E-state index is 0.0994. The molecule has 0 spiro atoms. The van der Waals surface area contributed by atoms with Crippen LogP contribution in [0.25, 0.3) is 0 Å². The van der Waals surface area contributed by atoms with E-state index in [9.17, 15) is 9.59 Å². The maximum atomic E-state index is 12.7. The summed E-state index contributed by atoms with van der Waals surface area (Å²) in [6, 6.07) is 3.41. The molecule has 0 fully saturated rings. The van der Waals surface area contributed by atoms with Crippen molar-refractivity contribution in [3.63, 3.8) is 0 Å². The molecule has 1 aromatic heterocycles. The first-order chi connectivity index (χ1) is 12.5. The van der Waals surface area contributed by atoms with Gasteiger partial charge in [-0.05, 0) is 12.3 Å². The third-order valence-corrected chi connectivity index (χ3v) is 4.81. The molecule has 0 bridgehead atoms. The normalized spacial score (nSPS) is 15.8. The second kappa shape index (κ2) is 7.28. The number of carbonyl (C=O) groups excluding carboxylic acids is 1. The van der Waals surface area contributed by atoms with Gasteiger partial charge in [0, 0.05) is 24.0 Å². The Kier molecular flexibility index (Phi) is 5.08. The van der Waals surface area contributed by atoms with Crippen LogP contribution in [0.1, 0.15) is 23.5 Å². The van der Waals surface area contributed by atoms with Gasteiger partial charge in [-0.1, -0.05) is 11.8 Å². The fraction of sp³-hybridized carbons (Fsp3) is 0.353. The Labute approximate surface area is 154 Å². The lowest BCUT2D eigenvalue weighted by Crippen LogP contribution is -2.31. The van der Waals surface area contributed by atoms with Crippen molar-refractivity contribution >= 4 is 23.5 Å². The third kappa shape index (κ3) is 3.10. The van der Waals surface area contributed by atoms with E-state index in [4.69, 9.17) is 14.2 Å². The van der Waals surface area contributed by atoms with Gasteiger partial charge >= 0.3 is 0 Å². The lowest BCUT2D eigenvalue weighted by molar-refractivity contribution is -0.116. The molecular formula is C17H19N3O5S. The van der Waals surface area contributed by atoms with Crippen molar-refractivity contribution < 1.29 is 19.0 Å². The van der Waals surface area contributed by atoms with E-state index in [1.165, 1.54) is 33.1 Å². The van der Waals surface area contributed by atoms with Gasteiger partial charge in [-0.25, -0.2) is 4.98 Å². The SMILES string of the molecule is COc1cc(OC)c([C@@H]2CC(=O)Nc3nc(SC)[nH]c(=O)c32)cc1OC. The van der Waals surface area contributed by atoms with Crippen LogP contribution in [0.4, 0.5) is 5.82 Å². The number of amides is 1. The van der Waals surface area contributed by atoms with E-state index in [0.29, 0.717) is 33.5 Å². The molecule has 0 unspecified atom stereocenters. The highest BCUT2D eigenvalue weighted by Crippen LogP contribution is 2.43. The molecule has 0 saturated carbocycles. The van der Waals surface area contributed by atoms with Crippen molar-refractivity contribution in [2.24, 2.45) is 0 Å². The summed E-state index contributed by atoms with van der Waals surface area (Å²) in [6.45, 7) is 0. The largest absolute Gasteiger partial charge is 0.496 e. The van der Waals surface area contributed by atoms with E-state index < -0.39 is 5.92 Å². The number of benzene rings is 1. The molecular weight excluding hydrogens is 358 g/mol. The molecule has 0 radical (unpaired) electrons. The first-order valence-corrected chi connectivity index (χ1v) is 9.02. The number of carbonyl (C=O) groups is 1. The van der Waals surface area contributed by atoms with E-state index in [1.807, 2.05) is 0 Å². The highest BCUT2D eigenvalue weighted by atomic mass is 32.2. The van der Waals surface area contributed by atoms with Gasteiger partial charge in [-0.3, -0.25) is 9.59 Å². The van der Waals surface area contributed by atoms with Crippen molar-refractivity contribution in [2.75, 3.05) is 32.9 Å². The zero-order chi connectivity index (χ0) is 18.8. The standard InChI is InChI=1S/C17H19N3O5S/c1-23-10-7-12(25-3)11(24-2)5-8(10)9-6-13(21)18-15-14(9)16(22)20-17(19-15)26-4/h5,7,9H,6H2,1-4H3,(H2,18,19,20,21,22)/t9-/m0/s1. The van der Waals surface area contributed by atoms with Crippen LogP contribution in [0.15, 0.2) is 22.1 Å². The van der Waals surface area contributed by atoms with Crippen LogP contribution < -0.4 is 25.1 Å². The van der Waals surface area contributed by atoms with Crippen molar-refractivity contribution in [1.82, 2.24) is 9.97 Å². The number of rotatable bonds is 5. The average Bonchev–Trinajstić information content (AvgIpc) is 2.65. The number of anilines is 1. The molecule has 3 rings (SSSR count). The number of hydrogen-bond acceptors (Lipinski definition) is 7. The summed E-state index contributed by atoms with van der Waals surface area (Å²) in [5.74, 6) is 1.03. The monoisotopic (exact) mass is 377 g/mol. The van der Waals surface area contributed by atoms with Crippen LogP contribution in [0.3, 0.4) is 0 Å². The number of thioether (sulfide) groups is 1. The molecule has 0 aliphatic carbocycles. The van der Waals surface area contributed by atoms with Gasteiger partial charge in [0.2, 0.25) is 5.91 Å². The van der Waals surface area contributed by atoms with Gasteiger partial charge in [-0.15, -0.1) is 0 Å². The molecule has 138 valence electrons. The number of nitrogens with one attached hydrogen (secondary N) is 2. The van der Waals surface area contributed by atoms with Gasteiger partial charge in [0.1, 0.15) is 11.6 Å². The molecule has 1 amide bonds. The number of methoxy groups -OCH3 is 3. The van der Waals surface area contributed by atoms with Crippen LogP contribution in [-0.4, -0.2) is 43.5 Å². The van der Waals surface area contributed by atoms with E-state index in [0.717, 1.165) is 0 Å².